The second kappa shape index (κ2) is 9.81. The fourth-order valence-electron chi connectivity index (χ4n) is 4.98. The quantitative estimate of drug-likeness (QED) is 0.327. The summed E-state index contributed by atoms with van der Waals surface area (Å²) in [7, 11) is 0. The van der Waals surface area contributed by atoms with Gasteiger partial charge in [0.05, 0.1) is 0 Å². The molecule has 3 aromatic rings. The summed E-state index contributed by atoms with van der Waals surface area (Å²) < 4.78 is 0. The fraction of sp³-hybridized carbons (Fsp3) is 0.375. The Kier molecular flexibility index (Phi) is 7.40. The number of aryl methyl sites for hydroxylation is 1. The highest BCUT2D eigenvalue weighted by atomic mass is 16.3. The molecule has 3 nitrogen and oxygen atoms in total. The monoisotopic (exact) mass is 472 g/mol. The largest absolute Gasteiger partial charge is 0.508 e. The molecule has 3 heteroatoms. The first-order valence-electron chi connectivity index (χ1n) is 12.4. The van der Waals surface area contributed by atoms with Crippen LogP contribution in [0, 0.1) is 0 Å². The number of hydrogen-bond donors (Lipinski definition) is 3. The van der Waals surface area contributed by atoms with Crippen LogP contribution in [-0.4, -0.2) is 15.3 Å². The molecule has 0 aliphatic rings. The summed E-state index contributed by atoms with van der Waals surface area (Å²) in [6.07, 6.45) is 3.15. The Morgan fingerprint density at radius 3 is 1.89 bits per heavy atom. The summed E-state index contributed by atoms with van der Waals surface area (Å²) in [5.74, 6) is 0.896. The van der Waals surface area contributed by atoms with Gasteiger partial charge in [0.15, 0.2) is 0 Å². The Labute approximate surface area is 210 Å². The van der Waals surface area contributed by atoms with Crippen molar-refractivity contribution in [1.29, 1.82) is 0 Å². The molecule has 1 unspecified atom stereocenters. The molecule has 0 bridgehead atoms. The molecule has 0 fully saturated rings. The minimum absolute atomic E-state index is 0.000376. The Bertz CT molecular complexity index is 1230. The molecule has 0 aliphatic heterocycles. The standard InChI is InChI=1S/C32H40O3/c1-9-21-11-14-26(30(35)29(21)31(4,5)6)20(3)17-23-19-25(13-16-28(23)34)32(7,8)24-12-15-27(33)22(10-2)18-24/h9,11-16,18-20,33-35H,1,10,17H2,2-8H3. The van der Waals surface area contributed by atoms with Crippen LogP contribution in [0.2, 0.25) is 0 Å². The van der Waals surface area contributed by atoms with Crippen molar-refractivity contribution < 1.29 is 15.3 Å². The van der Waals surface area contributed by atoms with Crippen LogP contribution in [0.4, 0.5) is 0 Å². The Morgan fingerprint density at radius 1 is 0.829 bits per heavy atom. The van der Waals surface area contributed by atoms with E-state index in [1.807, 2.05) is 31.2 Å². The topological polar surface area (TPSA) is 60.7 Å². The lowest BCUT2D eigenvalue weighted by Gasteiger charge is -2.28. The average Bonchev–Trinajstić information content (AvgIpc) is 2.79. The Balaban J connectivity index is 1.99. The SMILES string of the molecule is C=Cc1ccc(C(C)Cc2cc(C(C)(C)c3ccc(O)c(CC)c3)ccc2O)c(O)c1C(C)(C)C. The lowest BCUT2D eigenvalue weighted by Crippen LogP contribution is -2.19. The summed E-state index contributed by atoms with van der Waals surface area (Å²) in [4.78, 5) is 0. The van der Waals surface area contributed by atoms with Gasteiger partial charge in [-0.1, -0.05) is 97.5 Å². The van der Waals surface area contributed by atoms with Gasteiger partial charge in [-0.25, -0.2) is 0 Å². The molecule has 3 aromatic carbocycles. The van der Waals surface area contributed by atoms with E-state index in [0.29, 0.717) is 17.9 Å². The third-order valence-corrected chi connectivity index (χ3v) is 7.25. The number of phenolic OH excluding ortho intramolecular Hbond substituents is 3. The molecule has 0 spiro atoms. The summed E-state index contributed by atoms with van der Waals surface area (Å²) in [5.41, 5.74) is 6.16. The van der Waals surface area contributed by atoms with E-state index in [-0.39, 0.29) is 22.5 Å². The maximum atomic E-state index is 11.2. The van der Waals surface area contributed by atoms with Crippen molar-refractivity contribution in [3.63, 3.8) is 0 Å². The smallest absolute Gasteiger partial charge is 0.123 e. The second-order valence-corrected chi connectivity index (χ2v) is 11.2. The molecule has 35 heavy (non-hydrogen) atoms. The summed E-state index contributed by atoms with van der Waals surface area (Å²) in [6, 6.07) is 15.6. The van der Waals surface area contributed by atoms with Crippen molar-refractivity contribution in [2.45, 2.75) is 78.1 Å². The first-order chi connectivity index (χ1) is 16.3. The number of rotatable bonds is 7. The van der Waals surface area contributed by atoms with Gasteiger partial charge < -0.3 is 15.3 Å². The van der Waals surface area contributed by atoms with E-state index >= 15 is 0 Å². The molecule has 186 valence electrons. The van der Waals surface area contributed by atoms with E-state index in [9.17, 15) is 15.3 Å². The first-order valence-corrected chi connectivity index (χ1v) is 12.4. The van der Waals surface area contributed by atoms with Crippen molar-refractivity contribution in [2.75, 3.05) is 0 Å². The average molecular weight is 473 g/mol. The number of phenols is 3. The number of aromatic hydroxyl groups is 3. The number of benzene rings is 3. The van der Waals surface area contributed by atoms with Crippen molar-refractivity contribution in [1.82, 2.24) is 0 Å². The lowest BCUT2D eigenvalue weighted by atomic mass is 9.76. The molecule has 0 amide bonds. The third-order valence-electron chi connectivity index (χ3n) is 7.25. The third kappa shape index (κ3) is 5.24. The summed E-state index contributed by atoms with van der Waals surface area (Å²) in [5, 5.41) is 32.1. The van der Waals surface area contributed by atoms with E-state index in [1.54, 1.807) is 18.2 Å². The van der Waals surface area contributed by atoms with Gasteiger partial charge in [-0.3, -0.25) is 0 Å². The van der Waals surface area contributed by atoms with Gasteiger partial charge in [-0.15, -0.1) is 0 Å². The van der Waals surface area contributed by atoms with Crippen LogP contribution in [0.5, 0.6) is 17.2 Å². The highest BCUT2D eigenvalue weighted by Gasteiger charge is 2.27. The maximum Gasteiger partial charge on any atom is 0.123 e. The highest BCUT2D eigenvalue weighted by molar-refractivity contribution is 5.62. The zero-order valence-electron chi connectivity index (χ0n) is 22.2. The minimum atomic E-state index is -0.309. The van der Waals surface area contributed by atoms with Gasteiger partial charge in [-0.2, -0.15) is 0 Å². The normalized spacial score (nSPS) is 13.0. The molecular weight excluding hydrogens is 432 g/mol. The molecule has 0 aromatic heterocycles. The van der Waals surface area contributed by atoms with Crippen LogP contribution in [0.15, 0.2) is 55.1 Å². The van der Waals surface area contributed by atoms with Crippen LogP contribution in [-0.2, 0) is 23.7 Å². The van der Waals surface area contributed by atoms with E-state index in [4.69, 9.17) is 0 Å². The van der Waals surface area contributed by atoms with Crippen LogP contribution >= 0.6 is 0 Å². The van der Waals surface area contributed by atoms with Gasteiger partial charge >= 0.3 is 0 Å². The molecule has 3 N–H and O–H groups in total. The molecule has 0 radical (unpaired) electrons. The van der Waals surface area contributed by atoms with E-state index < -0.39 is 0 Å². The van der Waals surface area contributed by atoms with Gasteiger partial charge in [-0.05, 0) is 69.7 Å². The first kappa shape index (κ1) is 26.4. The predicted octanol–water partition coefficient (Wildman–Crippen LogP) is 7.98. The lowest BCUT2D eigenvalue weighted by molar-refractivity contribution is 0.433. The minimum Gasteiger partial charge on any atom is -0.508 e. The van der Waals surface area contributed by atoms with Gasteiger partial charge in [0.2, 0.25) is 0 Å². The summed E-state index contributed by atoms with van der Waals surface area (Å²) in [6.45, 7) is 18.6. The molecule has 0 saturated carbocycles. The van der Waals surface area contributed by atoms with Crippen molar-refractivity contribution in [3.05, 3.63) is 94.1 Å². The van der Waals surface area contributed by atoms with Crippen LogP contribution < -0.4 is 0 Å². The molecular formula is C32H40O3. The molecule has 3 rings (SSSR count). The van der Waals surface area contributed by atoms with Crippen LogP contribution in [0.3, 0.4) is 0 Å². The van der Waals surface area contributed by atoms with Gasteiger partial charge in [0.25, 0.3) is 0 Å². The molecule has 1 atom stereocenters. The van der Waals surface area contributed by atoms with Crippen molar-refractivity contribution in [3.8, 4) is 17.2 Å². The molecule has 0 heterocycles. The van der Waals surface area contributed by atoms with E-state index in [0.717, 1.165) is 45.4 Å². The Morgan fingerprint density at radius 2 is 1.37 bits per heavy atom. The van der Waals surface area contributed by atoms with E-state index in [2.05, 4.69) is 60.3 Å². The van der Waals surface area contributed by atoms with Crippen LogP contribution in [0.25, 0.3) is 6.08 Å². The van der Waals surface area contributed by atoms with Crippen LogP contribution in [0.1, 0.15) is 93.3 Å². The fourth-order valence-corrected chi connectivity index (χ4v) is 4.98. The number of hydrogen-bond acceptors (Lipinski definition) is 3. The predicted molar refractivity (Wildman–Crippen MR) is 147 cm³/mol. The maximum absolute atomic E-state index is 11.2. The highest BCUT2D eigenvalue weighted by Crippen LogP contribution is 2.42. The van der Waals surface area contributed by atoms with Gasteiger partial charge in [0, 0.05) is 11.0 Å². The van der Waals surface area contributed by atoms with Crippen molar-refractivity contribution >= 4 is 6.08 Å². The molecule has 0 saturated heterocycles. The van der Waals surface area contributed by atoms with Gasteiger partial charge in [0.1, 0.15) is 17.2 Å². The molecule has 0 aliphatic carbocycles. The Hall–Kier alpha value is -3.20. The second-order valence-electron chi connectivity index (χ2n) is 11.2. The zero-order valence-corrected chi connectivity index (χ0v) is 22.2. The van der Waals surface area contributed by atoms with E-state index in [1.165, 1.54) is 0 Å². The summed E-state index contributed by atoms with van der Waals surface area (Å²) >= 11 is 0. The zero-order chi connectivity index (χ0) is 26.1. The van der Waals surface area contributed by atoms with Crippen molar-refractivity contribution in [2.24, 2.45) is 0 Å².